The average Bonchev–Trinajstić information content (AvgIpc) is 3.04. The van der Waals surface area contributed by atoms with Gasteiger partial charge in [-0.25, -0.2) is 4.79 Å². The van der Waals surface area contributed by atoms with E-state index in [0.717, 1.165) is 18.4 Å². The van der Waals surface area contributed by atoms with Crippen LogP contribution in [0.5, 0.6) is 0 Å². The number of aliphatic carboxylic acids is 1. The quantitative estimate of drug-likeness (QED) is 0.894. The molecule has 0 radical (unpaired) electrons. The lowest BCUT2D eigenvalue weighted by Crippen LogP contribution is -2.40. The molecule has 1 heterocycles. The number of hydrogen-bond donors (Lipinski definition) is 1. The number of hydrogen-bond acceptors (Lipinski definition) is 3. The fourth-order valence-electron chi connectivity index (χ4n) is 1.71. The van der Waals surface area contributed by atoms with E-state index in [4.69, 9.17) is 5.11 Å². The zero-order chi connectivity index (χ0) is 12.6. The molecule has 2 rings (SSSR count). The summed E-state index contributed by atoms with van der Waals surface area (Å²) in [5.41, 5.74) is 1.09. The van der Waals surface area contributed by atoms with E-state index in [0.29, 0.717) is 10.8 Å². The molecule has 1 amide bonds. The van der Waals surface area contributed by atoms with Crippen molar-refractivity contribution >= 4 is 23.2 Å². The maximum absolute atomic E-state index is 12.2. The maximum atomic E-state index is 12.2. The van der Waals surface area contributed by atoms with Crippen LogP contribution in [0.25, 0.3) is 0 Å². The smallest absolute Gasteiger partial charge is 0.326 e. The first-order valence-electron chi connectivity index (χ1n) is 5.59. The molecule has 17 heavy (non-hydrogen) atoms. The molecule has 5 heteroatoms. The van der Waals surface area contributed by atoms with Crippen LogP contribution in [0.3, 0.4) is 0 Å². The minimum atomic E-state index is -0.981. The van der Waals surface area contributed by atoms with Crippen molar-refractivity contribution in [2.24, 2.45) is 0 Å². The highest BCUT2D eigenvalue weighted by atomic mass is 32.1. The van der Waals surface area contributed by atoms with Crippen LogP contribution >= 0.6 is 11.3 Å². The van der Waals surface area contributed by atoms with E-state index in [-0.39, 0.29) is 5.91 Å². The Balaban J connectivity index is 2.18. The molecule has 92 valence electrons. The lowest BCUT2D eigenvalue weighted by Gasteiger charge is -2.21. The summed E-state index contributed by atoms with van der Waals surface area (Å²) >= 11 is 1.40. The van der Waals surface area contributed by atoms with Gasteiger partial charge in [0.2, 0.25) is 0 Å². The first kappa shape index (κ1) is 12.1. The van der Waals surface area contributed by atoms with Crippen molar-refractivity contribution in [1.82, 2.24) is 4.90 Å². The van der Waals surface area contributed by atoms with E-state index in [1.54, 1.807) is 0 Å². The standard InChI is InChI=1S/C12H15NO3S/c1-7(12(15)16)13(2)11(14)10-9(5-6-17-10)8-3-4-8/h5-8H,3-4H2,1-2H3,(H,15,16)/t7-/m1/s1. The van der Waals surface area contributed by atoms with Gasteiger partial charge in [0.25, 0.3) is 5.91 Å². The van der Waals surface area contributed by atoms with Gasteiger partial charge in [0.15, 0.2) is 0 Å². The number of rotatable bonds is 4. The molecule has 0 aliphatic heterocycles. The third-order valence-corrected chi connectivity index (χ3v) is 4.08. The Bertz CT molecular complexity index is 450. The second kappa shape index (κ2) is 4.49. The summed E-state index contributed by atoms with van der Waals surface area (Å²) in [7, 11) is 1.54. The monoisotopic (exact) mass is 253 g/mol. The molecule has 1 N–H and O–H groups in total. The maximum Gasteiger partial charge on any atom is 0.326 e. The summed E-state index contributed by atoms with van der Waals surface area (Å²) < 4.78 is 0. The summed E-state index contributed by atoms with van der Waals surface area (Å²) in [6.45, 7) is 1.52. The number of carbonyl (C=O) groups is 2. The molecule has 1 aliphatic rings. The summed E-state index contributed by atoms with van der Waals surface area (Å²) in [5, 5.41) is 10.8. The lowest BCUT2D eigenvalue weighted by molar-refractivity contribution is -0.141. The van der Waals surface area contributed by atoms with E-state index in [1.807, 2.05) is 11.4 Å². The Morgan fingerprint density at radius 1 is 1.53 bits per heavy atom. The summed E-state index contributed by atoms with van der Waals surface area (Å²) in [4.78, 5) is 25.0. The third kappa shape index (κ3) is 2.34. The largest absolute Gasteiger partial charge is 0.480 e. The Kier molecular flexibility index (Phi) is 3.19. The Morgan fingerprint density at radius 2 is 2.18 bits per heavy atom. The highest BCUT2D eigenvalue weighted by Gasteiger charge is 2.31. The van der Waals surface area contributed by atoms with Crippen LogP contribution in [0.4, 0.5) is 0 Å². The van der Waals surface area contributed by atoms with E-state index < -0.39 is 12.0 Å². The van der Waals surface area contributed by atoms with Crippen molar-refractivity contribution in [3.05, 3.63) is 21.9 Å². The van der Waals surface area contributed by atoms with Gasteiger partial charge in [-0.05, 0) is 42.7 Å². The van der Waals surface area contributed by atoms with Crippen molar-refractivity contribution in [2.45, 2.75) is 31.7 Å². The van der Waals surface area contributed by atoms with Gasteiger partial charge in [-0.15, -0.1) is 11.3 Å². The zero-order valence-corrected chi connectivity index (χ0v) is 10.7. The molecule has 0 bridgehead atoms. The van der Waals surface area contributed by atoms with Crippen LogP contribution in [0, 0.1) is 0 Å². The highest BCUT2D eigenvalue weighted by Crippen LogP contribution is 2.43. The van der Waals surface area contributed by atoms with Gasteiger partial charge >= 0.3 is 5.97 Å². The number of likely N-dealkylation sites (N-methyl/N-ethyl adjacent to an activating group) is 1. The van der Waals surface area contributed by atoms with Gasteiger partial charge in [-0.2, -0.15) is 0 Å². The zero-order valence-electron chi connectivity index (χ0n) is 9.84. The molecular formula is C12H15NO3S. The van der Waals surface area contributed by atoms with Crippen LogP contribution in [-0.2, 0) is 4.79 Å². The second-order valence-corrected chi connectivity index (χ2v) is 5.33. The predicted octanol–water partition coefficient (Wildman–Crippen LogP) is 2.17. The minimum Gasteiger partial charge on any atom is -0.480 e. The lowest BCUT2D eigenvalue weighted by atomic mass is 10.1. The van der Waals surface area contributed by atoms with Crippen LogP contribution in [0.2, 0.25) is 0 Å². The molecule has 1 aromatic rings. The number of thiophene rings is 1. The Morgan fingerprint density at radius 3 is 2.71 bits per heavy atom. The van der Waals surface area contributed by atoms with Gasteiger partial charge < -0.3 is 10.0 Å². The minimum absolute atomic E-state index is 0.184. The number of carboxylic acid groups (broad SMARTS) is 1. The van der Waals surface area contributed by atoms with Gasteiger partial charge in [0.1, 0.15) is 6.04 Å². The summed E-state index contributed by atoms with van der Waals surface area (Å²) in [6.07, 6.45) is 2.27. The summed E-state index contributed by atoms with van der Waals surface area (Å²) in [5.74, 6) is -0.657. The molecule has 0 aromatic carbocycles. The molecule has 1 fully saturated rings. The first-order valence-corrected chi connectivity index (χ1v) is 6.47. The summed E-state index contributed by atoms with van der Waals surface area (Å²) in [6, 6.07) is 1.19. The van der Waals surface area contributed by atoms with Gasteiger partial charge in [-0.1, -0.05) is 0 Å². The van der Waals surface area contributed by atoms with Crippen molar-refractivity contribution in [3.8, 4) is 0 Å². The fourth-order valence-corrected chi connectivity index (χ4v) is 2.68. The number of nitrogens with zero attached hydrogens (tertiary/aromatic N) is 1. The fraction of sp³-hybridized carbons (Fsp3) is 0.500. The van der Waals surface area contributed by atoms with Crippen LogP contribution in [0.15, 0.2) is 11.4 Å². The molecule has 0 saturated heterocycles. The van der Waals surface area contributed by atoms with Crippen LogP contribution in [-0.4, -0.2) is 35.0 Å². The van der Waals surface area contributed by atoms with E-state index in [2.05, 4.69) is 0 Å². The molecular weight excluding hydrogens is 238 g/mol. The van der Waals surface area contributed by atoms with E-state index in [9.17, 15) is 9.59 Å². The molecule has 1 aliphatic carbocycles. The van der Waals surface area contributed by atoms with Crippen molar-refractivity contribution < 1.29 is 14.7 Å². The molecule has 0 unspecified atom stereocenters. The normalized spacial score (nSPS) is 16.6. The topological polar surface area (TPSA) is 57.6 Å². The SMILES string of the molecule is C[C@H](C(=O)O)N(C)C(=O)c1sccc1C1CC1. The first-order chi connectivity index (χ1) is 8.02. The molecule has 1 saturated carbocycles. The molecule has 1 aromatic heterocycles. The number of amides is 1. The van der Waals surface area contributed by atoms with Gasteiger partial charge in [-0.3, -0.25) is 4.79 Å². The third-order valence-electron chi connectivity index (χ3n) is 3.17. The Labute approximate surface area is 104 Å². The average molecular weight is 253 g/mol. The highest BCUT2D eigenvalue weighted by molar-refractivity contribution is 7.12. The molecule has 4 nitrogen and oxygen atoms in total. The predicted molar refractivity (Wildman–Crippen MR) is 65.5 cm³/mol. The second-order valence-electron chi connectivity index (χ2n) is 4.41. The molecule has 1 atom stereocenters. The number of carboxylic acids is 1. The van der Waals surface area contributed by atoms with E-state index in [1.165, 1.54) is 30.2 Å². The van der Waals surface area contributed by atoms with Crippen LogP contribution < -0.4 is 0 Å². The van der Waals surface area contributed by atoms with Gasteiger partial charge in [0.05, 0.1) is 4.88 Å². The Hall–Kier alpha value is -1.36. The van der Waals surface area contributed by atoms with Crippen molar-refractivity contribution in [3.63, 3.8) is 0 Å². The van der Waals surface area contributed by atoms with E-state index >= 15 is 0 Å². The van der Waals surface area contributed by atoms with Gasteiger partial charge in [0, 0.05) is 7.05 Å². The number of carbonyl (C=O) groups excluding carboxylic acids is 1. The van der Waals surface area contributed by atoms with Crippen LogP contribution in [0.1, 0.15) is 40.9 Å². The van der Waals surface area contributed by atoms with Crippen molar-refractivity contribution in [2.75, 3.05) is 7.05 Å². The van der Waals surface area contributed by atoms with Crippen molar-refractivity contribution in [1.29, 1.82) is 0 Å². The molecule has 0 spiro atoms.